The van der Waals surface area contributed by atoms with Gasteiger partial charge < -0.3 is 4.57 Å². The molecule has 0 amide bonds. The number of imidazole rings is 1. The minimum absolute atomic E-state index is 0.126. The number of para-hydroxylation sites is 2. The molecule has 3 N–H and O–H groups in total. The van der Waals surface area contributed by atoms with Crippen molar-refractivity contribution in [1.29, 1.82) is 0 Å². The van der Waals surface area contributed by atoms with Crippen molar-refractivity contribution in [3.8, 4) is 0 Å². The zero-order valence-corrected chi connectivity index (χ0v) is 13.7. The Morgan fingerprint density at radius 3 is 2.60 bits per heavy atom. The lowest BCUT2D eigenvalue weighted by atomic mass is 10.1. The minimum Gasteiger partial charge on any atom is -0.330 e. The van der Waals surface area contributed by atoms with E-state index in [1.54, 1.807) is 0 Å². The highest BCUT2D eigenvalue weighted by Crippen LogP contribution is 2.25. The van der Waals surface area contributed by atoms with Crippen LogP contribution in [0.5, 0.6) is 0 Å². The van der Waals surface area contributed by atoms with E-state index < -0.39 is 0 Å². The fourth-order valence-corrected chi connectivity index (χ4v) is 3.01. The van der Waals surface area contributed by atoms with E-state index in [9.17, 15) is 4.79 Å². The first-order valence-corrected chi connectivity index (χ1v) is 8.05. The van der Waals surface area contributed by atoms with Crippen LogP contribution < -0.4 is 11.0 Å². The first kappa shape index (κ1) is 15.3. The molecule has 2 aromatic heterocycles. The lowest BCUT2D eigenvalue weighted by Crippen LogP contribution is -2.25. The third kappa shape index (κ3) is 2.97. The number of nitrogens with one attached hydrogen (secondary N) is 3. The molecule has 1 unspecified atom stereocenters. The molecule has 2 heterocycles. The molecule has 7 heteroatoms. The number of hydrogen-bond acceptors (Lipinski definition) is 4. The summed E-state index contributed by atoms with van der Waals surface area (Å²) >= 11 is 0. The van der Waals surface area contributed by atoms with E-state index in [1.807, 2.05) is 43.4 Å². The molecular formula is C18H18N6O. The Hall–Kier alpha value is -3.19. The van der Waals surface area contributed by atoms with E-state index in [2.05, 4.69) is 43.3 Å². The fourth-order valence-electron chi connectivity index (χ4n) is 3.01. The number of benzene rings is 2. The molecule has 1 atom stereocenters. The maximum atomic E-state index is 11.2. The van der Waals surface area contributed by atoms with E-state index in [0.29, 0.717) is 12.4 Å². The first-order chi connectivity index (χ1) is 12.2. The van der Waals surface area contributed by atoms with E-state index >= 15 is 0 Å². The molecule has 0 spiro atoms. The number of aryl methyl sites for hydroxylation is 1. The predicted octanol–water partition coefficient (Wildman–Crippen LogP) is 1.86. The van der Waals surface area contributed by atoms with Gasteiger partial charge in [-0.05, 0) is 17.7 Å². The number of rotatable bonds is 5. The van der Waals surface area contributed by atoms with E-state index in [0.717, 1.165) is 22.4 Å². The van der Waals surface area contributed by atoms with Crippen LogP contribution in [-0.2, 0) is 13.6 Å². The smallest absolute Gasteiger partial charge is 0.330 e. The van der Waals surface area contributed by atoms with Crippen LogP contribution in [0.1, 0.15) is 23.3 Å². The summed E-state index contributed by atoms with van der Waals surface area (Å²) in [4.78, 5) is 18.7. The van der Waals surface area contributed by atoms with Gasteiger partial charge in [-0.15, -0.1) is 0 Å². The summed E-state index contributed by atoms with van der Waals surface area (Å²) in [6, 6.07) is 18.0. The lowest BCUT2D eigenvalue weighted by molar-refractivity contribution is 0.549. The second-order valence-corrected chi connectivity index (χ2v) is 5.87. The molecular weight excluding hydrogens is 316 g/mol. The summed E-state index contributed by atoms with van der Waals surface area (Å²) < 4.78 is 2.09. The summed E-state index contributed by atoms with van der Waals surface area (Å²) in [5.41, 5.74) is 2.82. The Morgan fingerprint density at radius 1 is 1.12 bits per heavy atom. The number of aromatic amines is 2. The van der Waals surface area contributed by atoms with Crippen molar-refractivity contribution in [2.75, 3.05) is 0 Å². The Kier molecular flexibility index (Phi) is 3.91. The van der Waals surface area contributed by atoms with Crippen LogP contribution in [0.4, 0.5) is 0 Å². The summed E-state index contributed by atoms with van der Waals surface area (Å²) in [5, 5.41) is 9.79. The van der Waals surface area contributed by atoms with Crippen LogP contribution in [0.2, 0.25) is 0 Å². The maximum Gasteiger partial charge on any atom is 0.340 e. The van der Waals surface area contributed by atoms with E-state index in [-0.39, 0.29) is 11.7 Å². The number of nitrogens with zero attached hydrogens (tertiary/aromatic N) is 3. The largest absolute Gasteiger partial charge is 0.340 e. The number of aromatic nitrogens is 5. The van der Waals surface area contributed by atoms with Crippen molar-refractivity contribution < 1.29 is 0 Å². The van der Waals surface area contributed by atoms with Crippen molar-refractivity contribution in [3.63, 3.8) is 0 Å². The molecule has 25 heavy (non-hydrogen) atoms. The van der Waals surface area contributed by atoms with Crippen molar-refractivity contribution in [2.45, 2.75) is 12.6 Å². The Labute approximate surface area is 143 Å². The second-order valence-electron chi connectivity index (χ2n) is 5.87. The highest BCUT2D eigenvalue weighted by atomic mass is 16.1. The van der Waals surface area contributed by atoms with Crippen LogP contribution >= 0.6 is 0 Å². The molecule has 0 fully saturated rings. The van der Waals surface area contributed by atoms with Gasteiger partial charge in [0.1, 0.15) is 11.6 Å². The van der Waals surface area contributed by atoms with Gasteiger partial charge in [0.05, 0.1) is 23.6 Å². The van der Waals surface area contributed by atoms with Gasteiger partial charge in [-0.3, -0.25) is 10.3 Å². The van der Waals surface area contributed by atoms with Crippen molar-refractivity contribution in [3.05, 3.63) is 82.3 Å². The van der Waals surface area contributed by atoms with Gasteiger partial charge in [-0.25, -0.2) is 14.9 Å². The Balaban J connectivity index is 1.73. The van der Waals surface area contributed by atoms with Crippen LogP contribution in [0, 0.1) is 0 Å². The first-order valence-electron chi connectivity index (χ1n) is 8.05. The molecule has 0 radical (unpaired) electrons. The summed E-state index contributed by atoms with van der Waals surface area (Å²) in [5.74, 6) is 1.47. The van der Waals surface area contributed by atoms with Crippen molar-refractivity contribution >= 4 is 11.0 Å². The topological polar surface area (TPSA) is 91.4 Å². The zero-order chi connectivity index (χ0) is 17.2. The highest BCUT2D eigenvalue weighted by Gasteiger charge is 2.20. The predicted molar refractivity (Wildman–Crippen MR) is 95.0 cm³/mol. The Bertz CT molecular complexity index is 1050. The fraction of sp³-hybridized carbons (Fsp3) is 0.167. The van der Waals surface area contributed by atoms with Gasteiger partial charge in [-0.1, -0.05) is 42.5 Å². The normalized spacial score (nSPS) is 12.5. The SMILES string of the molecule is Cn1c(C(NCc2n[nH]c(=O)[nH]2)c2ccccc2)nc2ccccc21. The molecule has 0 saturated heterocycles. The van der Waals surface area contributed by atoms with Crippen LogP contribution in [-0.4, -0.2) is 24.7 Å². The summed E-state index contributed by atoms with van der Waals surface area (Å²) in [6.45, 7) is 0.418. The van der Waals surface area contributed by atoms with E-state index in [4.69, 9.17) is 4.98 Å². The van der Waals surface area contributed by atoms with Gasteiger partial charge >= 0.3 is 5.69 Å². The monoisotopic (exact) mass is 334 g/mol. The average molecular weight is 334 g/mol. The third-order valence-electron chi connectivity index (χ3n) is 4.24. The standard InChI is InChI=1S/C18H18N6O/c1-24-14-10-6-5-9-13(14)20-17(24)16(12-7-3-2-4-8-12)19-11-15-21-18(25)23-22-15/h2-10,16,19H,11H2,1H3,(H2,21,22,23,25). The molecule has 4 rings (SSSR count). The molecule has 0 aliphatic heterocycles. The van der Waals surface area contributed by atoms with Crippen molar-refractivity contribution in [2.24, 2.45) is 7.05 Å². The summed E-state index contributed by atoms with van der Waals surface area (Å²) in [7, 11) is 2.01. The molecule has 2 aromatic carbocycles. The number of hydrogen-bond donors (Lipinski definition) is 3. The molecule has 0 bridgehead atoms. The van der Waals surface area contributed by atoms with Crippen molar-refractivity contribution in [1.82, 2.24) is 30.0 Å². The Morgan fingerprint density at radius 2 is 1.88 bits per heavy atom. The van der Waals surface area contributed by atoms with Gasteiger partial charge in [0.15, 0.2) is 0 Å². The zero-order valence-electron chi connectivity index (χ0n) is 13.7. The highest BCUT2D eigenvalue weighted by molar-refractivity contribution is 5.76. The third-order valence-corrected chi connectivity index (χ3v) is 4.24. The minimum atomic E-state index is -0.309. The number of fused-ring (bicyclic) bond motifs is 1. The molecule has 0 aliphatic rings. The second kappa shape index (κ2) is 6.37. The van der Waals surface area contributed by atoms with E-state index in [1.165, 1.54) is 0 Å². The quantitative estimate of drug-likeness (QED) is 0.519. The molecule has 4 aromatic rings. The molecule has 0 saturated carbocycles. The number of H-pyrrole nitrogens is 2. The van der Waals surface area contributed by atoms with Gasteiger partial charge in [0.2, 0.25) is 0 Å². The lowest BCUT2D eigenvalue weighted by Gasteiger charge is -2.18. The molecule has 126 valence electrons. The van der Waals surface area contributed by atoms with Gasteiger partial charge in [-0.2, -0.15) is 5.10 Å². The van der Waals surface area contributed by atoms with Crippen LogP contribution in [0.25, 0.3) is 11.0 Å². The molecule has 0 aliphatic carbocycles. The van der Waals surface area contributed by atoms with Crippen LogP contribution in [0.3, 0.4) is 0 Å². The maximum absolute atomic E-state index is 11.2. The summed E-state index contributed by atoms with van der Waals surface area (Å²) in [6.07, 6.45) is 0. The molecule has 7 nitrogen and oxygen atoms in total. The van der Waals surface area contributed by atoms with Crippen LogP contribution in [0.15, 0.2) is 59.4 Å². The van der Waals surface area contributed by atoms with Gasteiger partial charge in [0.25, 0.3) is 0 Å². The van der Waals surface area contributed by atoms with Gasteiger partial charge in [0, 0.05) is 7.05 Å². The average Bonchev–Trinajstić information content (AvgIpc) is 3.20.